The van der Waals surface area contributed by atoms with Gasteiger partial charge in [0.05, 0.1) is 0 Å². The van der Waals surface area contributed by atoms with Crippen molar-refractivity contribution >= 4 is 5.69 Å². The minimum atomic E-state index is 0.459. The van der Waals surface area contributed by atoms with Crippen LogP contribution in [0.4, 0.5) is 5.69 Å². The van der Waals surface area contributed by atoms with Crippen LogP contribution >= 0.6 is 0 Å². The second-order valence-electron chi connectivity index (χ2n) is 7.34. The number of para-hydroxylation sites is 1. The number of fused-ring (bicyclic) bond motifs is 2. The monoisotopic (exact) mass is 258 g/mol. The number of anilines is 1. The quantitative estimate of drug-likeness (QED) is 0.820. The maximum Gasteiger partial charge on any atom is 0.0433 e. The van der Waals surface area contributed by atoms with E-state index in [4.69, 9.17) is 0 Å². The highest BCUT2D eigenvalue weighted by Crippen LogP contribution is 2.35. The van der Waals surface area contributed by atoms with E-state index in [1.165, 1.54) is 38.2 Å². The molecule has 0 amide bonds. The predicted octanol–water partition coefficient (Wildman–Crippen LogP) is 3.39. The highest BCUT2D eigenvalue weighted by Gasteiger charge is 2.42. The summed E-state index contributed by atoms with van der Waals surface area (Å²) in [5, 5.41) is 0. The van der Waals surface area contributed by atoms with Gasteiger partial charge in [-0.1, -0.05) is 39.0 Å². The van der Waals surface area contributed by atoms with Gasteiger partial charge in [0.15, 0.2) is 0 Å². The van der Waals surface area contributed by atoms with Gasteiger partial charge in [-0.2, -0.15) is 0 Å². The van der Waals surface area contributed by atoms with Gasteiger partial charge >= 0.3 is 0 Å². The summed E-state index contributed by atoms with van der Waals surface area (Å²) in [5.74, 6) is 0. The maximum absolute atomic E-state index is 2.72. The molecule has 2 heterocycles. The third-order valence-corrected chi connectivity index (χ3v) is 4.59. The third-order valence-electron chi connectivity index (χ3n) is 4.59. The lowest BCUT2D eigenvalue weighted by Crippen LogP contribution is -2.47. The second-order valence-corrected chi connectivity index (χ2v) is 7.34. The zero-order valence-electron chi connectivity index (χ0n) is 12.5. The summed E-state index contributed by atoms with van der Waals surface area (Å²) in [7, 11) is 0. The summed E-state index contributed by atoms with van der Waals surface area (Å²) < 4.78 is 0. The summed E-state index contributed by atoms with van der Waals surface area (Å²) >= 11 is 0. The van der Waals surface area contributed by atoms with Gasteiger partial charge in [-0.25, -0.2) is 0 Å². The van der Waals surface area contributed by atoms with Crippen LogP contribution in [0.15, 0.2) is 30.3 Å². The highest BCUT2D eigenvalue weighted by molar-refractivity contribution is 5.49. The lowest BCUT2D eigenvalue weighted by atomic mass is 9.92. The van der Waals surface area contributed by atoms with Crippen molar-refractivity contribution < 1.29 is 0 Å². The molecule has 3 rings (SSSR count). The Hall–Kier alpha value is -1.02. The first-order chi connectivity index (χ1) is 9.03. The Morgan fingerprint density at radius 3 is 2.37 bits per heavy atom. The van der Waals surface area contributed by atoms with Crippen LogP contribution in [-0.4, -0.2) is 36.6 Å². The van der Waals surface area contributed by atoms with Crippen molar-refractivity contribution in [1.82, 2.24) is 4.90 Å². The Kier molecular flexibility index (Phi) is 3.30. The number of nitrogens with zero attached hydrogens (tertiary/aromatic N) is 2. The number of benzene rings is 1. The maximum atomic E-state index is 2.72. The van der Waals surface area contributed by atoms with Gasteiger partial charge in [-0.15, -0.1) is 0 Å². The van der Waals surface area contributed by atoms with E-state index in [9.17, 15) is 0 Å². The molecule has 1 aromatic rings. The molecule has 104 valence electrons. The molecule has 2 aliphatic heterocycles. The number of likely N-dealkylation sites (tertiary alicyclic amines) is 1. The summed E-state index contributed by atoms with van der Waals surface area (Å²) in [6.07, 6.45) is 2.67. The molecule has 2 saturated heterocycles. The molecule has 2 heteroatoms. The van der Waals surface area contributed by atoms with E-state index < -0.39 is 0 Å². The zero-order valence-corrected chi connectivity index (χ0v) is 12.5. The lowest BCUT2D eigenvalue weighted by Gasteiger charge is -2.36. The second kappa shape index (κ2) is 4.82. The van der Waals surface area contributed by atoms with Crippen LogP contribution in [0.3, 0.4) is 0 Å². The Morgan fingerprint density at radius 2 is 1.79 bits per heavy atom. The van der Waals surface area contributed by atoms with Gasteiger partial charge in [-0.3, -0.25) is 4.90 Å². The minimum Gasteiger partial charge on any atom is -0.366 e. The van der Waals surface area contributed by atoms with E-state index in [1.54, 1.807) is 0 Å². The van der Waals surface area contributed by atoms with Crippen molar-refractivity contribution in [1.29, 1.82) is 0 Å². The topological polar surface area (TPSA) is 6.48 Å². The fourth-order valence-corrected chi connectivity index (χ4v) is 3.44. The van der Waals surface area contributed by atoms with E-state index in [0.29, 0.717) is 5.41 Å². The molecule has 2 unspecified atom stereocenters. The van der Waals surface area contributed by atoms with Crippen LogP contribution in [0.2, 0.25) is 0 Å². The molecule has 2 nitrogen and oxygen atoms in total. The Morgan fingerprint density at radius 1 is 1.05 bits per heavy atom. The molecule has 2 bridgehead atoms. The van der Waals surface area contributed by atoms with Crippen molar-refractivity contribution in [3.63, 3.8) is 0 Å². The predicted molar refractivity (Wildman–Crippen MR) is 81.6 cm³/mol. The number of rotatable bonds is 3. The average Bonchev–Trinajstić information content (AvgIpc) is 2.96. The minimum absolute atomic E-state index is 0.459. The molecule has 0 saturated carbocycles. The van der Waals surface area contributed by atoms with Gasteiger partial charge in [0, 0.05) is 30.9 Å². The highest BCUT2D eigenvalue weighted by atomic mass is 15.3. The van der Waals surface area contributed by atoms with Crippen LogP contribution in [-0.2, 0) is 0 Å². The standard InChI is InChI=1S/C17H26N2/c1-17(2,3)9-10-18-12-16-11-15(18)13-19(16)14-7-5-4-6-8-14/h4-8,15-16H,9-13H2,1-3H3. The van der Waals surface area contributed by atoms with Gasteiger partial charge < -0.3 is 4.90 Å². The Bertz CT molecular complexity index is 421. The Balaban J connectivity index is 1.59. The molecule has 2 fully saturated rings. The molecule has 0 aliphatic carbocycles. The third kappa shape index (κ3) is 2.79. The number of hydrogen-bond acceptors (Lipinski definition) is 2. The van der Waals surface area contributed by atoms with Crippen LogP contribution in [0.5, 0.6) is 0 Å². The van der Waals surface area contributed by atoms with E-state index in [-0.39, 0.29) is 0 Å². The van der Waals surface area contributed by atoms with Gasteiger partial charge in [0.2, 0.25) is 0 Å². The van der Waals surface area contributed by atoms with E-state index in [2.05, 4.69) is 60.9 Å². The van der Waals surface area contributed by atoms with E-state index >= 15 is 0 Å². The van der Waals surface area contributed by atoms with Crippen molar-refractivity contribution in [2.45, 2.75) is 45.7 Å². The normalized spacial score (nSPS) is 27.2. The van der Waals surface area contributed by atoms with E-state index in [0.717, 1.165) is 12.1 Å². The average molecular weight is 258 g/mol. The summed E-state index contributed by atoms with van der Waals surface area (Å²) in [6, 6.07) is 12.4. The van der Waals surface area contributed by atoms with Gasteiger partial charge in [0.25, 0.3) is 0 Å². The van der Waals surface area contributed by atoms with E-state index in [1.807, 2.05) is 0 Å². The van der Waals surface area contributed by atoms with Crippen LogP contribution < -0.4 is 4.90 Å². The van der Waals surface area contributed by atoms with Crippen LogP contribution in [0.25, 0.3) is 0 Å². The molecule has 0 radical (unpaired) electrons. The van der Waals surface area contributed by atoms with Crippen molar-refractivity contribution in [3.05, 3.63) is 30.3 Å². The molecule has 19 heavy (non-hydrogen) atoms. The number of piperazine rings is 1. The molecular weight excluding hydrogens is 232 g/mol. The summed E-state index contributed by atoms with van der Waals surface area (Å²) in [4.78, 5) is 5.33. The molecule has 1 aromatic carbocycles. The zero-order chi connectivity index (χ0) is 13.5. The molecular formula is C17H26N2. The van der Waals surface area contributed by atoms with Crippen molar-refractivity contribution in [2.24, 2.45) is 5.41 Å². The fraction of sp³-hybridized carbons (Fsp3) is 0.647. The molecule has 0 N–H and O–H groups in total. The van der Waals surface area contributed by atoms with Gasteiger partial charge in [0.1, 0.15) is 0 Å². The van der Waals surface area contributed by atoms with Crippen molar-refractivity contribution in [3.8, 4) is 0 Å². The molecule has 0 aromatic heterocycles. The summed E-state index contributed by atoms with van der Waals surface area (Å²) in [6.45, 7) is 10.8. The fourth-order valence-electron chi connectivity index (χ4n) is 3.44. The first-order valence-corrected chi connectivity index (χ1v) is 7.59. The van der Waals surface area contributed by atoms with Gasteiger partial charge in [-0.05, 0) is 36.9 Å². The smallest absolute Gasteiger partial charge is 0.0433 e. The summed E-state index contributed by atoms with van der Waals surface area (Å²) in [5.41, 5.74) is 1.87. The lowest BCUT2D eigenvalue weighted by molar-refractivity contribution is 0.202. The molecule has 0 spiro atoms. The molecule has 2 aliphatic rings. The first kappa shape index (κ1) is 13.0. The largest absolute Gasteiger partial charge is 0.366 e. The van der Waals surface area contributed by atoms with Crippen LogP contribution in [0, 0.1) is 5.41 Å². The SMILES string of the molecule is CC(C)(C)CCN1CC2CC1CN2c1ccccc1. The van der Waals surface area contributed by atoms with Crippen molar-refractivity contribution in [2.75, 3.05) is 24.5 Å². The number of hydrogen-bond donors (Lipinski definition) is 0. The Labute approximate surface area is 117 Å². The first-order valence-electron chi connectivity index (χ1n) is 7.59. The van der Waals surface area contributed by atoms with Crippen LogP contribution in [0.1, 0.15) is 33.6 Å². The molecule has 2 atom stereocenters.